The van der Waals surface area contributed by atoms with Gasteiger partial charge < -0.3 is 9.64 Å². The third-order valence-electron chi connectivity index (χ3n) is 3.84. The van der Waals surface area contributed by atoms with Crippen LogP contribution in [0.15, 0.2) is 24.3 Å². The fourth-order valence-electron chi connectivity index (χ4n) is 2.42. The second-order valence-corrected chi connectivity index (χ2v) is 5.44. The van der Waals surface area contributed by atoms with Crippen LogP contribution in [0.1, 0.15) is 42.1 Å². The maximum absolute atomic E-state index is 12.0. The molecule has 1 atom stereocenters. The van der Waals surface area contributed by atoms with Crippen molar-refractivity contribution in [2.45, 2.75) is 32.7 Å². The molecule has 1 fully saturated rings. The van der Waals surface area contributed by atoms with Crippen LogP contribution in [0.5, 0.6) is 0 Å². The first-order chi connectivity index (χ1) is 9.60. The highest BCUT2D eigenvalue weighted by atomic mass is 16.5. The summed E-state index contributed by atoms with van der Waals surface area (Å²) < 4.78 is 4.67. The fourth-order valence-corrected chi connectivity index (χ4v) is 2.42. The van der Waals surface area contributed by atoms with Crippen molar-refractivity contribution < 1.29 is 14.3 Å². The van der Waals surface area contributed by atoms with E-state index >= 15 is 0 Å². The highest BCUT2D eigenvalue weighted by molar-refractivity contribution is 5.89. The molecule has 1 unspecified atom stereocenters. The summed E-state index contributed by atoms with van der Waals surface area (Å²) in [6.45, 7) is 3.63. The number of hydrogen-bond donors (Lipinski definition) is 0. The highest BCUT2D eigenvalue weighted by Crippen LogP contribution is 2.19. The van der Waals surface area contributed by atoms with Gasteiger partial charge in [0.05, 0.1) is 12.7 Å². The van der Waals surface area contributed by atoms with Crippen LogP contribution in [0, 0.1) is 5.92 Å². The van der Waals surface area contributed by atoms with Crippen molar-refractivity contribution in [2.75, 3.05) is 13.7 Å². The minimum Gasteiger partial charge on any atom is -0.465 e. The maximum atomic E-state index is 12.0. The zero-order valence-corrected chi connectivity index (χ0v) is 12.1. The normalized spacial score (nSPS) is 19.6. The third-order valence-corrected chi connectivity index (χ3v) is 3.84. The molecule has 1 aromatic carbocycles. The molecule has 1 aromatic rings. The van der Waals surface area contributed by atoms with Gasteiger partial charge in [0, 0.05) is 19.5 Å². The third kappa shape index (κ3) is 3.59. The number of benzene rings is 1. The molecule has 0 N–H and O–H groups in total. The average molecular weight is 275 g/mol. The van der Waals surface area contributed by atoms with Crippen LogP contribution in [0.4, 0.5) is 0 Å². The van der Waals surface area contributed by atoms with Crippen molar-refractivity contribution in [1.82, 2.24) is 4.90 Å². The van der Waals surface area contributed by atoms with Crippen LogP contribution in [0.25, 0.3) is 0 Å². The number of hydrogen-bond acceptors (Lipinski definition) is 3. The van der Waals surface area contributed by atoms with Crippen LogP contribution in [0.2, 0.25) is 0 Å². The van der Waals surface area contributed by atoms with Gasteiger partial charge in [0.25, 0.3) is 0 Å². The van der Waals surface area contributed by atoms with Crippen molar-refractivity contribution in [2.24, 2.45) is 5.92 Å². The minimum absolute atomic E-state index is 0.228. The van der Waals surface area contributed by atoms with E-state index in [0.717, 1.165) is 24.9 Å². The number of esters is 1. The molecule has 1 aliphatic heterocycles. The molecule has 2 rings (SSSR count). The zero-order chi connectivity index (χ0) is 14.5. The lowest BCUT2D eigenvalue weighted by atomic mass is 10.0. The lowest BCUT2D eigenvalue weighted by Gasteiger charge is -2.20. The second kappa shape index (κ2) is 6.55. The molecular weight excluding hydrogens is 254 g/mol. The molecule has 0 saturated carbocycles. The average Bonchev–Trinajstić information content (AvgIpc) is 2.63. The number of nitrogens with zero attached hydrogens (tertiary/aromatic N) is 1. The molecule has 0 aromatic heterocycles. The minimum atomic E-state index is -0.337. The van der Waals surface area contributed by atoms with Gasteiger partial charge in [0.15, 0.2) is 0 Å². The molecule has 0 spiro atoms. The fraction of sp³-hybridized carbons (Fsp3) is 0.500. The summed E-state index contributed by atoms with van der Waals surface area (Å²) in [6.07, 6.45) is 2.68. The number of carbonyl (C=O) groups is 2. The van der Waals surface area contributed by atoms with Crippen LogP contribution < -0.4 is 0 Å². The van der Waals surface area contributed by atoms with Gasteiger partial charge in [0.2, 0.25) is 5.91 Å². The van der Waals surface area contributed by atoms with Gasteiger partial charge in [-0.2, -0.15) is 0 Å². The molecule has 1 amide bonds. The van der Waals surface area contributed by atoms with Gasteiger partial charge in [-0.15, -0.1) is 0 Å². The first-order valence-corrected chi connectivity index (χ1v) is 7.05. The van der Waals surface area contributed by atoms with Crippen molar-refractivity contribution in [3.8, 4) is 0 Å². The first kappa shape index (κ1) is 14.6. The van der Waals surface area contributed by atoms with Crippen LogP contribution in [-0.2, 0) is 16.1 Å². The summed E-state index contributed by atoms with van der Waals surface area (Å²) in [7, 11) is 1.37. The van der Waals surface area contributed by atoms with Crippen molar-refractivity contribution >= 4 is 11.9 Å². The highest BCUT2D eigenvalue weighted by Gasteiger charge is 2.20. The topological polar surface area (TPSA) is 46.6 Å². The van der Waals surface area contributed by atoms with E-state index in [1.165, 1.54) is 7.11 Å². The molecule has 20 heavy (non-hydrogen) atoms. The summed E-state index contributed by atoms with van der Waals surface area (Å²) in [6, 6.07) is 7.25. The van der Waals surface area contributed by atoms with Crippen molar-refractivity contribution in [3.63, 3.8) is 0 Å². The summed E-state index contributed by atoms with van der Waals surface area (Å²) in [5, 5.41) is 0. The van der Waals surface area contributed by atoms with Crippen LogP contribution in [0.3, 0.4) is 0 Å². The van der Waals surface area contributed by atoms with Gasteiger partial charge in [-0.3, -0.25) is 4.79 Å². The molecule has 4 heteroatoms. The zero-order valence-electron chi connectivity index (χ0n) is 12.1. The van der Waals surface area contributed by atoms with Gasteiger partial charge in [-0.1, -0.05) is 19.1 Å². The predicted octanol–water partition coefficient (Wildman–Crippen LogP) is 2.62. The van der Waals surface area contributed by atoms with Gasteiger partial charge in [-0.05, 0) is 36.5 Å². The van der Waals surface area contributed by atoms with E-state index in [0.29, 0.717) is 24.4 Å². The molecule has 4 nitrogen and oxygen atoms in total. The Bertz CT molecular complexity index is 481. The first-order valence-electron chi connectivity index (χ1n) is 7.05. The van der Waals surface area contributed by atoms with E-state index in [4.69, 9.17) is 0 Å². The quantitative estimate of drug-likeness (QED) is 0.797. The molecule has 0 bridgehead atoms. The monoisotopic (exact) mass is 275 g/mol. The van der Waals surface area contributed by atoms with Gasteiger partial charge in [-0.25, -0.2) is 4.79 Å². The van der Waals surface area contributed by atoms with Crippen molar-refractivity contribution in [3.05, 3.63) is 35.4 Å². The molecule has 0 aliphatic carbocycles. The van der Waals surface area contributed by atoms with Gasteiger partial charge >= 0.3 is 5.97 Å². The van der Waals surface area contributed by atoms with E-state index in [1.54, 1.807) is 12.1 Å². The SMILES string of the molecule is COC(=O)c1ccc(CN2CCC(C)CCC2=O)cc1. The lowest BCUT2D eigenvalue weighted by Crippen LogP contribution is -2.29. The van der Waals surface area contributed by atoms with Crippen molar-refractivity contribution in [1.29, 1.82) is 0 Å². The maximum Gasteiger partial charge on any atom is 0.337 e. The summed E-state index contributed by atoms with van der Waals surface area (Å²) in [5.41, 5.74) is 1.58. The summed E-state index contributed by atoms with van der Waals surface area (Å²) in [5.74, 6) is 0.508. The number of methoxy groups -OCH3 is 1. The second-order valence-electron chi connectivity index (χ2n) is 5.44. The Balaban J connectivity index is 2.02. The molecule has 1 saturated heterocycles. The van der Waals surface area contributed by atoms with E-state index in [1.807, 2.05) is 17.0 Å². The summed E-state index contributed by atoms with van der Waals surface area (Å²) >= 11 is 0. The number of amides is 1. The molecule has 108 valence electrons. The number of carbonyl (C=O) groups excluding carboxylic acids is 2. The number of likely N-dealkylation sites (tertiary alicyclic amines) is 1. The predicted molar refractivity (Wildman–Crippen MR) is 76.2 cm³/mol. The largest absolute Gasteiger partial charge is 0.465 e. The van der Waals surface area contributed by atoms with E-state index in [2.05, 4.69) is 11.7 Å². The molecular formula is C16H21NO3. The van der Waals surface area contributed by atoms with E-state index < -0.39 is 0 Å². The van der Waals surface area contributed by atoms with Crippen LogP contribution >= 0.6 is 0 Å². The smallest absolute Gasteiger partial charge is 0.337 e. The molecule has 1 aliphatic rings. The summed E-state index contributed by atoms with van der Waals surface area (Å²) in [4.78, 5) is 25.3. The lowest BCUT2D eigenvalue weighted by molar-refractivity contribution is -0.131. The van der Waals surface area contributed by atoms with Gasteiger partial charge in [0.1, 0.15) is 0 Å². The Labute approximate surface area is 119 Å². The Kier molecular flexibility index (Phi) is 4.77. The number of ether oxygens (including phenoxy) is 1. The van der Waals surface area contributed by atoms with E-state index in [-0.39, 0.29) is 11.9 Å². The molecule has 1 heterocycles. The Hall–Kier alpha value is -1.84. The standard InChI is InChI=1S/C16H21NO3/c1-12-3-8-15(18)17(10-9-12)11-13-4-6-14(7-5-13)16(19)20-2/h4-7,12H,3,8-11H2,1-2H3. The Morgan fingerprint density at radius 3 is 2.65 bits per heavy atom. The Morgan fingerprint density at radius 1 is 1.30 bits per heavy atom. The molecule has 0 radical (unpaired) electrons. The van der Waals surface area contributed by atoms with Crippen LogP contribution in [-0.4, -0.2) is 30.4 Å². The number of rotatable bonds is 3. The Morgan fingerprint density at radius 2 is 2.00 bits per heavy atom. The van der Waals surface area contributed by atoms with E-state index in [9.17, 15) is 9.59 Å².